The molecular formula is C11H23N. The first-order valence-electron chi connectivity index (χ1n) is 4.88. The van der Waals surface area contributed by atoms with Crippen molar-refractivity contribution in [1.29, 1.82) is 0 Å². The minimum atomic E-state index is 0.299. The minimum Gasteiger partial charge on any atom is -0.330 e. The van der Waals surface area contributed by atoms with Crippen molar-refractivity contribution >= 4 is 0 Å². The summed E-state index contributed by atoms with van der Waals surface area (Å²) in [5, 5.41) is 0. The van der Waals surface area contributed by atoms with Gasteiger partial charge in [0.05, 0.1) is 0 Å². The van der Waals surface area contributed by atoms with E-state index in [1.165, 1.54) is 0 Å². The Kier molecular flexibility index (Phi) is 1.89. The SMILES string of the molecule is CC(C)(CN)C1C(C)(C)C1(C)C. The molecule has 0 spiro atoms. The van der Waals surface area contributed by atoms with Gasteiger partial charge in [-0.1, -0.05) is 41.5 Å². The molecule has 0 atom stereocenters. The fourth-order valence-electron chi connectivity index (χ4n) is 3.27. The van der Waals surface area contributed by atoms with E-state index in [2.05, 4.69) is 41.5 Å². The van der Waals surface area contributed by atoms with E-state index in [4.69, 9.17) is 5.73 Å². The fraction of sp³-hybridized carbons (Fsp3) is 1.00. The number of rotatable bonds is 2. The zero-order chi connectivity index (χ0) is 9.78. The summed E-state index contributed by atoms with van der Waals surface area (Å²) in [5.74, 6) is 0.766. The summed E-state index contributed by atoms with van der Waals surface area (Å²) < 4.78 is 0. The second-order valence-electron chi connectivity index (χ2n) is 6.07. The summed E-state index contributed by atoms with van der Waals surface area (Å²) in [6.07, 6.45) is 0. The molecule has 0 aromatic carbocycles. The van der Waals surface area contributed by atoms with Crippen molar-refractivity contribution in [3.63, 3.8) is 0 Å². The minimum absolute atomic E-state index is 0.299. The van der Waals surface area contributed by atoms with Crippen molar-refractivity contribution in [3.8, 4) is 0 Å². The molecule has 0 radical (unpaired) electrons. The summed E-state index contributed by atoms with van der Waals surface area (Å²) in [6, 6.07) is 0. The van der Waals surface area contributed by atoms with E-state index in [1.54, 1.807) is 0 Å². The molecule has 12 heavy (non-hydrogen) atoms. The predicted octanol–water partition coefficient (Wildman–Crippen LogP) is 2.65. The van der Waals surface area contributed by atoms with Crippen molar-refractivity contribution in [1.82, 2.24) is 0 Å². The summed E-state index contributed by atoms with van der Waals surface area (Å²) in [6.45, 7) is 14.8. The van der Waals surface area contributed by atoms with Crippen molar-refractivity contribution in [3.05, 3.63) is 0 Å². The normalized spacial score (nSPS) is 27.2. The Balaban J connectivity index is 2.84. The summed E-state index contributed by atoms with van der Waals surface area (Å²) >= 11 is 0. The van der Waals surface area contributed by atoms with E-state index in [-0.39, 0.29) is 0 Å². The standard InChI is InChI=1S/C11H23N/c1-9(2,7-12)8-10(3,4)11(8,5)6/h8H,7,12H2,1-6H3. The lowest BCUT2D eigenvalue weighted by molar-refractivity contribution is 0.265. The highest BCUT2D eigenvalue weighted by molar-refractivity contribution is 5.16. The van der Waals surface area contributed by atoms with Crippen LogP contribution in [0.1, 0.15) is 41.5 Å². The molecule has 1 fully saturated rings. The Morgan fingerprint density at radius 3 is 1.50 bits per heavy atom. The van der Waals surface area contributed by atoms with Crippen LogP contribution in [0.5, 0.6) is 0 Å². The van der Waals surface area contributed by atoms with Gasteiger partial charge in [-0.2, -0.15) is 0 Å². The average molecular weight is 169 g/mol. The van der Waals surface area contributed by atoms with Gasteiger partial charge in [-0.3, -0.25) is 0 Å². The van der Waals surface area contributed by atoms with E-state index < -0.39 is 0 Å². The number of nitrogens with two attached hydrogens (primary N) is 1. The molecule has 0 saturated heterocycles. The number of hydrogen-bond donors (Lipinski definition) is 1. The lowest BCUT2D eigenvalue weighted by Crippen LogP contribution is -2.28. The van der Waals surface area contributed by atoms with E-state index in [9.17, 15) is 0 Å². The molecule has 0 unspecified atom stereocenters. The van der Waals surface area contributed by atoms with Crippen LogP contribution in [-0.4, -0.2) is 6.54 Å². The van der Waals surface area contributed by atoms with Gasteiger partial charge in [0.2, 0.25) is 0 Å². The third-order valence-electron chi connectivity index (χ3n) is 4.33. The van der Waals surface area contributed by atoms with Crippen molar-refractivity contribution < 1.29 is 0 Å². The predicted molar refractivity (Wildman–Crippen MR) is 53.9 cm³/mol. The molecule has 1 aliphatic carbocycles. The van der Waals surface area contributed by atoms with Gasteiger partial charge in [0.25, 0.3) is 0 Å². The maximum atomic E-state index is 5.79. The lowest BCUT2D eigenvalue weighted by Gasteiger charge is -2.25. The highest BCUT2D eigenvalue weighted by Gasteiger charge is 2.68. The van der Waals surface area contributed by atoms with Gasteiger partial charge in [0.1, 0.15) is 0 Å². The maximum Gasteiger partial charge on any atom is -0.00228 e. The molecule has 72 valence electrons. The largest absolute Gasteiger partial charge is 0.330 e. The van der Waals surface area contributed by atoms with Crippen molar-refractivity contribution in [2.75, 3.05) is 6.54 Å². The summed E-state index contributed by atoms with van der Waals surface area (Å²) in [7, 11) is 0. The van der Waals surface area contributed by atoms with Gasteiger partial charge in [-0.25, -0.2) is 0 Å². The van der Waals surface area contributed by atoms with Gasteiger partial charge in [-0.05, 0) is 28.7 Å². The highest BCUT2D eigenvalue weighted by Crippen LogP contribution is 2.73. The van der Waals surface area contributed by atoms with Gasteiger partial charge < -0.3 is 5.73 Å². The van der Waals surface area contributed by atoms with Crippen LogP contribution >= 0.6 is 0 Å². The Labute approximate surface area is 76.7 Å². The molecule has 0 bridgehead atoms. The Hall–Kier alpha value is -0.0400. The third-order valence-corrected chi connectivity index (χ3v) is 4.33. The van der Waals surface area contributed by atoms with Crippen LogP contribution in [0.3, 0.4) is 0 Å². The first-order chi connectivity index (χ1) is 5.18. The van der Waals surface area contributed by atoms with Gasteiger partial charge in [-0.15, -0.1) is 0 Å². The molecule has 1 nitrogen and oxygen atoms in total. The Morgan fingerprint density at radius 1 is 1.08 bits per heavy atom. The average Bonchev–Trinajstić information content (AvgIpc) is 2.25. The van der Waals surface area contributed by atoms with Crippen LogP contribution in [0.4, 0.5) is 0 Å². The highest BCUT2D eigenvalue weighted by atomic mass is 14.8. The number of hydrogen-bond acceptors (Lipinski definition) is 1. The van der Waals surface area contributed by atoms with E-state index in [0.717, 1.165) is 12.5 Å². The van der Waals surface area contributed by atoms with Crippen LogP contribution in [0, 0.1) is 22.2 Å². The molecular weight excluding hydrogens is 146 g/mol. The molecule has 0 aromatic rings. The maximum absolute atomic E-state index is 5.79. The molecule has 1 heteroatoms. The van der Waals surface area contributed by atoms with Crippen LogP contribution in [0.15, 0.2) is 0 Å². The molecule has 1 aliphatic rings. The zero-order valence-electron chi connectivity index (χ0n) is 9.36. The molecule has 1 saturated carbocycles. The molecule has 0 heterocycles. The first kappa shape index (κ1) is 10.0. The van der Waals surface area contributed by atoms with Crippen molar-refractivity contribution in [2.45, 2.75) is 41.5 Å². The van der Waals surface area contributed by atoms with Crippen molar-refractivity contribution in [2.24, 2.45) is 27.9 Å². The third kappa shape index (κ3) is 1.02. The Bertz CT molecular complexity index is 175. The second kappa shape index (κ2) is 2.25. The van der Waals surface area contributed by atoms with Crippen LogP contribution < -0.4 is 5.73 Å². The summed E-state index contributed by atoms with van der Waals surface area (Å²) in [4.78, 5) is 0. The van der Waals surface area contributed by atoms with E-state index in [1.807, 2.05) is 0 Å². The topological polar surface area (TPSA) is 26.0 Å². The lowest BCUT2D eigenvalue weighted by atomic mass is 9.82. The molecule has 0 aliphatic heterocycles. The summed E-state index contributed by atoms with van der Waals surface area (Å²) in [5.41, 5.74) is 7.02. The monoisotopic (exact) mass is 169 g/mol. The molecule has 0 amide bonds. The molecule has 0 aromatic heterocycles. The smallest absolute Gasteiger partial charge is 0.00228 e. The zero-order valence-corrected chi connectivity index (χ0v) is 9.36. The first-order valence-corrected chi connectivity index (χ1v) is 4.88. The van der Waals surface area contributed by atoms with Gasteiger partial charge in [0.15, 0.2) is 0 Å². The van der Waals surface area contributed by atoms with Crippen LogP contribution in [-0.2, 0) is 0 Å². The van der Waals surface area contributed by atoms with Gasteiger partial charge in [0, 0.05) is 0 Å². The molecule has 1 rings (SSSR count). The molecule has 2 N–H and O–H groups in total. The van der Waals surface area contributed by atoms with Gasteiger partial charge >= 0.3 is 0 Å². The quantitative estimate of drug-likeness (QED) is 0.675. The van der Waals surface area contributed by atoms with Crippen LogP contribution in [0.2, 0.25) is 0 Å². The van der Waals surface area contributed by atoms with E-state index in [0.29, 0.717) is 16.2 Å². The second-order valence-corrected chi connectivity index (χ2v) is 6.07. The van der Waals surface area contributed by atoms with E-state index >= 15 is 0 Å². The van der Waals surface area contributed by atoms with Crippen LogP contribution in [0.25, 0.3) is 0 Å². The fourth-order valence-corrected chi connectivity index (χ4v) is 3.27. The Morgan fingerprint density at radius 2 is 1.42 bits per heavy atom.